The molecule has 12 heavy (non-hydrogen) atoms. The van der Waals surface area contributed by atoms with E-state index in [0.29, 0.717) is 11.9 Å². The average Bonchev–Trinajstić information content (AvgIpc) is 2.07. The highest BCUT2D eigenvalue weighted by atomic mass is 79.9. The van der Waals surface area contributed by atoms with E-state index < -0.39 is 11.1 Å². The van der Waals surface area contributed by atoms with Crippen LogP contribution < -0.4 is 11.1 Å². The minimum Gasteiger partial charge on any atom is -0.312 e. The van der Waals surface area contributed by atoms with Crippen LogP contribution >= 0.6 is 15.9 Å². The van der Waals surface area contributed by atoms with Crippen molar-refractivity contribution in [3.8, 4) is 0 Å². The molecule has 0 amide bonds. The zero-order valence-corrected chi connectivity index (χ0v) is 8.24. The van der Waals surface area contributed by atoms with Gasteiger partial charge in [-0.25, -0.2) is 0 Å². The van der Waals surface area contributed by atoms with Crippen LogP contribution in [-0.2, 0) is 13.6 Å². The van der Waals surface area contributed by atoms with Crippen molar-refractivity contribution >= 4 is 15.9 Å². The van der Waals surface area contributed by atoms with Crippen LogP contribution in [0.1, 0.15) is 0 Å². The van der Waals surface area contributed by atoms with Gasteiger partial charge in [-0.3, -0.25) is 9.59 Å². The highest BCUT2D eigenvalue weighted by molar-refractivity contribution is 9.09. The Hall–Kier alpha value is -0.840. The Morgan fingerprint density at radius 2 is 2.00 bits per heavy atom. The first-order valence-corrected chi connectivity index (χ1v) is 4.61. The van der Waals surface area contributed by atoms with Crippen molar-refractivity contribution in [1.82, 2.24) is 9.13 Å². The van der Waals surface area contributed by atoms with Gasteiger partial charge in [0.15, 0.2) is 0 Å². The van der Waals surface area contributed by atoms with E-state index in [9.17, 15) is 9.59 Å². The lowest BCUT2D eigenvalue weighted by atomic mass is 10.6. The van der Waals surface area contributed by atoms with Gasteiger partial charge in [0.1, 0.15) is 0 Å². The summed E-state index contributed by atoms with van der Waals surface area (Å²) in [5, 5.41) is 0.667. The van der Waals surface area contributed by atoms with Gasteiger partial charge < -0.3 is 9.13 Å². The molecule has 0 bridgehead atoms. The number of alkyl halides is 1. The molecule has 66 valence electrons. The zero-order valence-electron chi connectivity index (χ0n) is 6.66. The van der Waals surface area contributed by atoms with Crippen molar-refractivity contribution < 1.29 is 0 Å². The van der Waals surface area contributed by atoms with E-state index in [4.69, 9.17) is 0 Å². The van der Waals surface area contributed by atoms with Crippen LogP contribution in [-0.4, -0.2) is 14.5 Å². The fourth-order valence-corrected chi connectivity index (χ4v) is 1.24. The van der Waals surface area contributed by atoms with Crippen LogP contribution in [0.25, 0.3) is 0 Å². The summed E-state index contributed by atoms with van der Waals surface area (Å²) in [5.74, 6) is 0. The molecule has 0 radical (unpaired) electrons. The van der Waals surface area contributed by atoms with E-state index >= 15 is 0 Å². The summed E-state index contributed by atoms with van der Waals surface area (Å²) in [6.45, 7) is 0.523. The third-order valence-electron chi connectivity index (χ3n) is 1.56. The summed E-state index contributed by atoms with van der Waals surface area (Å²) in [6, 6.07) is 0. The van der Waals surface area contributed by atoms with Gasteiger partial charge in [-0.15, -0.1) is 0 Å². The molecule has 0 aliphatic rings. The van der Waals surface area contributed by atoms with E-state index in [1.165, 1.54) is 9.13 Å². The smallest absolute Gasteiger partial charge is 0.312 e. The maximum absolute atomic E-state index is 11.2. The Kier molecular flexibility index (Phi) is 2.86. The predicted octanol–water partition coefficient (Wildman–Crippen LogP) is -0.0581. The Balaban J connectivity index is 3.28. The van der Waals surface area contributed by atoms with E-state index in [2.05, 4.69) is 15.9 Å². The summed E-state index contributed by atoms with van der Waals surface area (Å²) < 4.78 is 2.66. The summed E-state index contributed by atoms with van der Waals surface area (Å²) in [7, 11) is 1.56. The van der Waals surface area contributed by atoms with E-state index in [-0.39, 0.29) is 0 Å². The normalized spacial score (nSPS) is 10.2. The molecule has 0 unspecified atom stereocenters. The number of hydrogen-bond donors (Lipinski definition) is 0. The summed E-state index contributed by atoms with van der Waals surface area (Å²) in [5.41, 5.74) is -0.960. The molecule has 1 rings (SSSR count). The number of hydrogen-bond acceptors (Lipinski definition) is 2. The third kappa shape index (κ3) is 1.66. The quantitative estimate of drug-likeness (QED) is 0.530. The molecule has 1 aromatic heterocycles. The largest absolute Gasteiger partial charge is 0.316 e. The molecule has 0 aromatic carbocycles. The fraction of sp³-hybridized carbons (Fsp3) is 0.429. The van der Waals surface area contributed by atoms with Crippen molar-refractivity contribution in [2.45, 2.75) is 6.54 Å². The SMILES string of the molecule is Cn1ccn(CCBr)c(=O)c1=O. The molecule has 0 saturated carbocycles. The van der Waals surface area contributed by atoms with Crippen LogP contribution in [0.3, 0.4) is 0 Å². The van der Waals surface area contributed by atoms with Gasteiger partial charge >= 0.3 is 11.1 Å². The first kappa shape index (κ1) is 9.25. The maximum atomic E-state index is 11.2. The van der Waals surface area contributed by atoms with Crippen LogP contribution in [0.5, 0.6) is 0 Å². The molecule has 0 saturated heterocycles. The molecule has 0 aliphatic carbocycles. The van der Waals surface area contributed by atoms with Gasteiger partial charge in [0, 0.05) is 31.3 Å². The second-order valence-electron chi connectivity index (χ2n) is 2.40. The van der Waals surface area contributed by atoms with Gasteiger partial charge in [-0.05, 0) is 0 Å². The minimum absolute atomic E-state index is 0.473. The fourth-order valence-electron chi connectivity index (χ4n) is 0.857. The number of rotatable bonds is 2. The van der Waals surface area contributed by atoms with E-state index in [0.717, 1.165) is 0 Å². The topological polar surface area (TPSA) is 44.0 Å². The lowest BCUT2D eigenvalue weighted by Crippen LogP contribution is -2.39. The summed E-state index contributed by atoms with van der Waals surface area (Å²) >= 11 is 3.19. The van der Waals surface area contributed by atoms with Crippen molar-refractivity contribution in [2.75, 3.05) is 5.33 Å². The second kappa shape index (κ2) is 3.71. The van der Waals surface area contributed by atoms with E-state index in [1.807, 2.05) is 0 Å². The third-order valence-corrected chi connectivity index (χ3v) is 1.91. The molecule has 4 nitrogen and oxygen atoms in total. The Morgan fingerprint density at radius 3 is 2.58 bits per heavy atom. The van der Waals surface area contributed by atoms with Gasteiger partial charge in [-0.1, -0.05) is 15.9 Å². The van der Waals surface area contributed by atoms with Crippen molar-refractivity contribution in [3.63, 3.8) is 0 Å². The molecule has 0 N–H and O–H groups in total. The maximum Gasteiger partial charge on any atom is 0.316 e. The van der Waals surface area contributed by atoms with Crippen molar-refractivity contribution in [2.24, 2.45) is 7.05 Å². The van der Waals surface area contributed by atoms with Crippen LogP contribution in [0.2, 0.25) is 0 Å². The van der Waals surface area contributed by atoms with Crippen LogP contribution in [0.15, 0.2) is 22.0 Å². The molecule has 0 atom stereocenters. The Morgan fingerprint density at radius 1 is 1.33 bits per heavy atom. The average molecular weight is 233 g/mol. The van der Waals surface area contributed by atoms with Crippen LogP contribution in [0.4, 0.5) is 0 Å². The standard InChI is InChI=1S/C7H9BrN2O2/c1-9-4-5-10(3-2-8)7(12)6(9)11/h4-5H,2-3H2,1H3. The number of aryl methyl sites for hydroxylation is 2. The van der Waals surface area contributed by atoms with Gasteiger partial charge in [0.25, 0.3) is 0 Å². The minimum atomic E-state index is -0.488. The van der Waals surface area contributed by atoms with Gasteiger partial charge in [0.05, 0.1) is 0 Å². The molecule has 0 aliphatic heterocycles. The van der Waals surface area contributed by atoms with Crippen LogP contribution in [0, 0.1) is 0 Å². The van der Waals surface area contributed by atoms with Gasteiger partial charge in [0.2, 0.25) is 0 Å². The molecule has 1 aromatic rings. The molecule has 0 spiro atoms. The highest BCUT2D eigenvalue weighted by Crippen LogP contribution is 1.83. The monoisotopic (exact) mass is 232 g/mol. The molecule has 1 heterocycles. The van der Waals surface area contributed by atoms with Crippen molar-refractivity contribution in [1.29, 1.82) is 0 Å². The molecular weight excluding hydrogens is 224 g/mol. The molecule has 5 heteroatoms. The van der Waals surface area contributed by atoms with E-state index in [1.54, 1.807) is 19.4 Å². The first-order chi connectivity index (χ1) is 5.66. The number of nitrogens with zero attached hydrogens (tertiary/aromatic N) is 2. The highest BCUT2D eigenvalue weighted by Gasteiger charge is 1.99. The lowest BCUT2D eigenvalue weighted by Gasteiger charge is -2.02. The molecular formula is C7H9BrN2O2. The molecule has 0 fully saturated rings. The Labute approximate surface area is 77.6 Å². The number of aromatic nitrogens is 2. The first-order valence-electron chi connectivity index (χ1n) is 3.49. The van der Waals surface area contributed by atoms with Crippen molar-refractivity contribution in [3.05, 3.63) is 33.1 Å². The predicted molar refractivity (Wildman–Crippen MR) is 49.7 cm³/mol. The summed E-state index contributed by atoms with van der Waals surface area (Å²) in [4.78, 5) is 22.3. The number of halogens is 1. The summed E-state index contributed by atoms with van der Waals surface area (Å²) in [6.07, 6.45) is 3.18. The Bertz CT molecular complexity index is 380. The lowest BCUT2D eigenvalue weighted by molar-refractivity contribution is 0.682. The van der Waals surface area contributed by atoms with Gasteiger partial charge in [-0.2, -0.15) is 0 Å². The second-order valence-corrected chi connectivity index (χ2v) is 3.19. The zero-order chi connectivity index (χ0) is 9.14.